The van der Waals surface area contributed by atoms with E-state index in [9.17, 15) is 0 Å². The van der Waals surface area contributed by atoms with E-state index in [1.54, 1.807) is 0 Å². The van der Waals surface area contributed by atoms with Gasteiger partial charge in [-0.25, -0.2) is 0 Å². The first kappa shape index (κ1) is 13.1. The molecule has 3 nitrogen and oxygen atoms in total. The third-order valence-electron chi connectivity index (χ3n) is 4.10. The fraction of sp³-hybridized carbons (Fsp3) is 0.600. The summed E-state index contributed by atoms with van der Waals surface area (Å²) in [5, 5.41) is 4.26. The van der Waals surface area contributed by atoms with Gasteiger partial charge in [0, 0.05) is 12.6 Å². The molecule has 1 aliphatic heterocycles. The maximum absolute atomic E-state index is 6.18. The molecule has 19 heavy (non-hydrogen) atoms. The lowest BCUT2D eigenvalue weighted by Gasteiger charge is -2.27. The number of nitrogens with one attached hydrogen (secondary N) is 1. The molecule has 0 radical (unpaired) electrons. The summed E-state index contributed by atoms with van der Waals surface area (Å²) in [6.07, 6.45) is 5.22. The maximum atomic E-state index is 6.18. The van der Waals surface area contributed by atoms with Crippen LogP contribution < -0.4 is 14.8 Å². The van der Waals surface area contributed by atoms with Crippen LogP contribution in [0.1, 0.15) is 38.2 Å². The second-order valence-corrected chi connectivity index (χ2v) is 6.06. The van der Waals surface area contributed by atoms with E-state index in [2.05, 4.69) is 12.2 Å². The number of hydrogen-bond acceptors (Lipinski definition) is 3. The number of rotatable bonds is 3. The fourth-order valence-corrected chi connectivity index (χ4v) is 3.14. The molecule has 3 rings (SSSR count). The van der Waals surface area contributed by atoms with Crippen molar-refractivity contribution < 1.29 is 9.47 Å². The third-order valence-corrected chi connectivity index (χ3v) is 4.38. The summed E-state index contributed by atoms with van der Waals surface area (Å²) < 4.78 is 10.7. The average Bonchev–Trinajstić information content (AvgIpc) is 2.87. The Kier molecular flexibility index (Phi) is 3.85. The first-order valence-electron chi connectivity index (χ1n) is 7.04. The summed E-state index contributed by atoms with van der Waals surface area (Å²) in [5.74, 6) is 2.33. The molecule has 0 saturated heterocycles. The van der Waals surface area contributed by atoms with Crippen molar-refractivity contribution in [1.82, 2.24) is 5.32 Å². The van der Waals surface area contributed by atoms with E-state index >= 15 is 0 Å². The molecule has 0 spiro atoms. The average molecular weight is 282 g/mol. The zero-order chi connectivity index (χ0) is 13.2. The van der Waals surface area contributed by atoms with Gasteiger partial charge in [0.05, 0.1) is 5.02 Å². The summed E-state index contributed by atoms with van der Waals surface area (Å²) in [6.45, 7) is 3.45. The fourth-order valence-electron chi connectivity index (χ4n) is 2.85. The summed E-state index contributed by atoms with van der Waals surface area (Å²) >= 11 is 6.18. The minimum Gasteiger partial charge on any atom is -0.454 e. The Balaban J connectivity index is 1.60. The van der Waals surface area contributed by atoms with Crippen molar-refractivity contribution in [3.05, 3.63) is 22.7 Å². The maximum Gasteiger partial charge on any atom is 0.231 e. The van der Waals surface area contributed by atoms with E-state index < -0.39 is 0 Å². The van der Waals surface area contributed by atoms with Crippen molar-refractivity contribution in [2.75, 3.05) is 6.79 Å². The van der Waals surface area contributed by atoms with Crippen LogP contribution in [-0.2, 0) is 6.54 Å². The standard InChI is InChI=1S/C15H20ClNO2/c1-10-2-4-12(5-3-10)17-8-11-6-13(16)15-14(7-11)18-9-19-15/h6-7,10,12,17H,2-5,8-9H2,1H3. The molecule has 1 N–H and O–H groups in total. The highest BCUT2D eigenvalue weighted by molar-refractivity contribution is 6.32. The van der Waals surface area contributed by atoms with Crippen LogP contribution in [0, 0.1) is 5.92 Å². The Bertz CT molecular complexity index is 456. The lowest BCUT2D eigenvalue weighted by Crippen LogP contribution is -2.32. The van der Waals surface area contributed by atoms with E-state index in [-0.39, 0.29) is 6.79 Å². The predicted octanol–water partition coefficient (Wildman–Crippen LogP) is 3.74. The minimum atomic E-state index is 0.270. The number of ether oxygens (including phenoxy) is 2. The van der Waals surface area contributed by atoms with Gasteiger partial charge in [0.25, 0.3) is 0 Å². The molecule has 1 aliphatic carbocycles. The Morgan fingerprint density at radius 2 is 2.00 bits per heavy atom. The lowest BCUT2D eigenvalue weighted by molar-refractivity contribution is 0.174. The predicted molar refractivity (Wildman–Crippen MR) is 75.8 cm³/mol. The van der Waals surface area contributed by atoms with Gasteiger partial charge in [-0.1, -0.05) is 18.5 Å². The van der Waals surface area contributed by atoms with E-state index in [1.807, 2.05) is 12.1 Å². The van der Waals surface area contributed by atoms with Gasteiger partial charge in [0.2, 0.25) is 6.79 Å². The van der Waals surface area contributed by atoms with E-state index in [1.165, 1.54) is 25.7 Å². The quantitative estimate of drug-likeness (QED) is 0.916. The monoisotopic (exact) mass is 281 g/mol. The summed E-state index contributed by atoms with van der Waals surface area (Å²) in [7, 11) is 0. The second kappa shape index (κ2) is 5.59. The SMILES string of the molecule is CC1CCC(NCc2cc(Cl)c3c(c2)OCO3)CC1. The Morgan fingerprint density at radius 1 is 1.21 bits per heavy atom. The lowest BCUT2D eigenvalue weighted by atomic mass is 9.87. The Hall–Kier alpha value is -0.930. The van der Waals surface area contributed by atoms with Crippen molar-refractivity contribution in [3.8, 4) is 11.5 Å². The molecule has 1 aromatic carbocycles. The van der Waals surface area contributed by atoms with Crippen LogP contribution in [0.4, 0.5) is 0 Å². The summed E-state index contributed by atoms with van der Waals surface area (Å²) in [6, 6.07) is 4.63. The van der Waals surface area contributed by atoms with Crippen LogP contribution in [0.2, 0.25) is 5.02 Å². The summed E-state index contributed by atoms with van der Waals surface area (Å²) in [4.78, 5) is 0. The third kappa shape index (κ3) is 2.98. The zero-order valence-electron chi connectivity index (χ0n) is 11.2. The molecule has 0 aromatic heterocycles. The molecule has 1 aromatic rings. The van der Waals surface area contributed by atoms with Crippen LogP contribution in [0.25, 0.3) is 0 Å². The molecule has 4 heteroatoms. The van der Waals surface area contributed by atoms with Crippen molar-refractivity contribution in [2.24, 2.45) is 5.92 Å². The molecule has 0 unspecified atom stereocenters. The number of benzene rings is 1. The number of halogens is 1. The first-order valence-corrected chi connectivity index (χ1v) is 7.41. The number of hydrogen-bond donors (Lipinski definition) is 1. The van der Waals surface area contributed by atoms with Crippen LogP contribution in [0.15, 0.2) is 12.1 Å². The smallest absolute Gasteiger partial charge is 0.231 e. The highest BCUT2D eigenvalue weighted by Crippen LogP contribution is 2.39. The van der Waals surface area contributed by atoms with Crippen molar-refractivity contribution in [3.63, 3.8) is 0 Å². The molecule has 0 bridgehead atoms. The van der Waals surface area contributed by atoms with Gasteiger partial charge in [-0.3, -0.25) is 0 Å². The van der Waals surface area contributed by atoms with Crippen LogP contribution in [0.5, 0.6) is 11.5 Å². The van der Waals surface area contributed by atoms with Gasteiger partial charge < -0.3 is 14.8 Å². The van der Waals surface area contributed by atoms with Gasteiger partial charge in [-0.15, -0.1) is 0 Å². The second-order valence-electron chi connectivity index (χ2n) is 5.65. The molecule has 0 atom stereocenters. The molecule has 0 amide bonds. The molecular weight excluding hydrogens is 262 g/mol. The Labute approximate surface area is 119 Å². The molecule has 1 heterocycles. The molecule has 2 aliphatic rings. The largest absolute Gasteiger partial charge is 0.454 e. The first-order chi connectivity index (χ1) is 9.22. The normalized spacial score (nSPS) is 25.6. The van der Waals surface area contributed by atoms with Crippen molar-refractivity contribution in [2.45, 2.75) is 45.2 Å². The topological polar surface area (TPSA) is 30.5 Å². The van der Waals surface area contributed by atoms with Gasteiger partial charge in [-0.05, 0) is 49.3 Å². The van der Waals surface area contributed by atoms with Crippen LogP contribution in [-0.4, -0.2) is 12.8 Å². The molecule has 104 valence electrons. The van der Waals surface area contributed by atoms with Crippen LogP contribution in [0.3, 0.4) is 0 Å². The van der Waals surface area contributed by atoms with Gasteiger partial charge in [-0.2, -0.15) is 0 Å². The van der Waals surface area contributed by atoms with E-state index in [0.29, 0.717) is 16.8 Å². The van der Waals surface area contributed by atoms with Crippen molar-refractivity contribution in [1.29, 1.82) is 0 Å². The summed E-state index contributed by atoms with van der Waals surface area (Å²) in [5.41, 5.74) is 1.16. The van der Waals surface area contributed by atoms with Gasteiger partial charge >= 0.3 is 0 Å². The Morgan fingerprint density at radius 3 is 2.79 bits per heavy atom. The molecule has 1 saturated carbocycles. The van der Waals surface area contributed by atoms with E-state index in [0.717, 1.165) is 23.8 Å². The van der Waals surface area contributed by atoms with E-state index in [4.69, 9.17) is 21.1 Å². The minimum absolute atomic E-state index is 0.270. The molecular formula is C15H20ClNO2. The van der Waals surface area contributed by atoms with Crippen LogP contribution >= 0.6 is 11.6 Å². The molecule has 1 fully saturated rings. The highest BCUT2D eigenvalue weighted by atomic mass is 35.5. The highest BCUT2D eigenvalue weighted by Gasteiger charge is 2.20. The number of fused-ring (bicyclic) bond motifs is 1. The van der Waals surface area contributed by atoms with Gasteiger partial charge in [0.1, 0.15) is 0 Å². The zero-order valence-corrected chi connectivity index (χ0v) is 12.0. The van der Waals surface area contributed by atoms with Gasteiger partial charge in [0.15, 0.2) is 11.5 Å². The van der Waals surface area contributed by atoms with Crippen molar-refractivity contribution >= 4 is 11.6 Å².